The summed E-state index contributed by atoms with van der Waals surface area (Å²) in [5.41, 5.74) is 0.880. The van der Waals surface area contributed by atoms with Crippen LogP contribution in [-0.2, 0) is 16.1 Å². The van der Waals surface area contributed by atoms with Crippen molar-refractivity contribution in [1.82, 2.24) is 9.80 Å². The van der Waals surface area contributed by atoms with Crippen LogP contribution >= 0.6 is 0 Å². The van der Waals surface area contributed by atoms with Gasteiger partial charge in [0.05, 0.1) is 24.3 Å². The lowest BCUT2D eigenvalue weighted by molar-refractivity contribution is -0.131. The number of ether oxygens (including phenoxy) is 1. The molecule has 2 aliphatic rings. The highest BCUT2D eigenvalue weighted by molar-refractivity contribution is 5.78. The second kappa shape index (κ2) is 8.41. The largest absolute Gasteiger partial charge is 0.377 e. The molecular weight excluding hydrogens is 321 g/mol. The van der Waals surface area contributed by atoms with E-state index in [1.165, 1.54) is 12.1 Å². The van der Waals surface area contributed by atoms with Gasteiger partial charge in [0.15, 0.2) is 0 Å². The average molecular weight is 345 g/mol. The Bertz CT molecular complexity index is 647. The third-order valence-corrected chi connectivity index (χ3v) is 4.87. The van der Waals surface area contributed by atoms with Crippen molar-refractivity contribution in [2.45, 2.75) is 38.3 Å². The van der Waals surface area contributed by atoms with Gasteiger partial charge in [-0.3, -0.25) is 9.69 Å². The summed E-state index contributed by atoms with van der Waals surface area (Å²) < 4.78 is 19.8. The molecule has 2 heterocycles. The minimum absolute atomic E-state index is 0.0901. The van der Waals surface area contributed by atoms with Crippen LogP contribution in [0, 0.1) is 17.1 Å². The molecule has 1 atom stereocenters. The van der Waals surface area contributed by atoms with Gasteiger partial charge in [0, 0.05) is 38.3 Å². The van der Waals surface area contributed by atoms with Crippen LogP contribution in [0.25, 0.3) is 0 Å². The van der Waals surface area contributed by atoms with E-state index >= 15 is 0 Å². The molecule has 0 unspecified atom stereocenters. The van der Waals surface area contributed by atoms with E-state index in [1.54, 1.807) is 6.07 Å². The third kappa shape index (κ3) is 4.77. The van der Waals surface area contributed by atoms with Crippen LogP contribution in [0.1, 0.15) is 36.8 Å². The lowest BCUT2D eigenvalue weighted by Crippen LogP contribution is -2.41. The first-order valence-electron chi connectivity index (χ1n) is 8.96. The molecule has 0 bridgehead atoms. The fourth-order valence-electron chi connectivity index (χ4n) is 3.53. The van der Waals surface area contributed by atoms with Gasteiger partial charge in [-0.05, 0) is 43.9 Å². The number of hydrogen-bond acceptors (Lipinski definition) is 4. The average Bonchev–Trinajstić information content (AvgIpc) is 3.30. The zero-order valence-corrected chi connectivity index (χ0v) is 14.4. The maximum Gasteiger partial charge on any atom is 0.236 e. The first kappa shape index (κ1) is 17.8. The fraction of sp³-hybridized carbons (Fsp3) is 0.579. The van der Waals surface area contributed by atoms with Crippen LogP contribution in [0.5, 0.6) is 0 Å². The molecule has 2 saturated heterocycles. The number of nitriles is 1. The SMILES string of the molecule is N#Cc1ccc(F)c(CN(CC(=O)N2CCCC2)C[C@@H]2CCCO2)c1. The number of nitrogens with zero attached hydrogens (tertiary/aromatic N) is 3. The van der Waals surface area contributed by atoms with Crippen LogP contribution in [0.3, 0.4) is 0 Å². The van der Waals surface area contributed by atoms with Gasteiger partial charge in [-0.15, -0.1) is 0 Å². The number of hydrogen-bond donors (Lipinski definition) is 0. The number of likely N-dealkylation sites (tertiary alicyclic amines) is 1. The van der Waals surface area contributed by atoms with Crippen molar-refractivity contribution in [2.24, 2.45) is 0 Å². The Hall–Kier alpha value is -1.97. The van der Waals surface area contributed by atoms with E-state index in [-0.39, 0.29) is 24.4 Å². The van der Waals surface area contributed by atoms with Crippen LogP contribution in [0.15, 0.2) is 18.2 Å². The van der Waals surface area contributed by atoms with Gasteiger partial charge in [-0.1, -0.05) is 0 Å². The second-order valence-electron chi connectivity index (χ2n) is 6.81. The smallest absolute Gasteiger partial charge is 0.236 e. The molecule has 1 amide bonds. The Morgan fingerprint density at radius 2 is 2.16 bits per heavy atom. The van der Waals surface area contributed by atoms with E-state index in [9.17, 15) is 9.18 Å². The molecule has 0 spiro atoms. The predicted molar refractivity (Wildman–Crippen MR) is 91.2 cm³/mol. The molecule has 0 saturated carbocycles. The van der Waals surface area contributed by atoms with E-state index in [1.807, 2.05) is 15.9 Å². The highest BCUT2D eigenvalue weighted by Crippen LogP contribution is 2.18. The molecule has 0 aliphatic carbocycles. The van der Waals surface area contributed by atoms with E-state index in [2.05, 4.69) is 0 Å². The topological polar surface area (TPSA) is 56.6 Å². The Balaban J connectivity index is 1.70. The van der Waals surface area contributed by atoms with Crippen LogP contribution in [0.4, 0.5) is 4.39 Å². The first-order valence-corrected chi connectivity index (χ1v) is 8.96. The summed E-state index contributed by atoms with van der Waals surface area (Å²) in [5, 5.41) is 9.04. The van der Waals surface area contributed by atoms with Gasteiger partial charge < -0.3 is 9.64 Å². The van der Waals surface area contributed by atoms with Crippen molar-refractivity contribution in [1.29, 1.82) is 5.26 Å². The standard InChI is InChI=1S/C19H24FN3O2/c20-18-6-5-15(11-21)10-16(18)12-22(13-17-4-3-9-25-17)14-19(24)23-7-1-2-8-23/h5-6,10,17H,1-4,7-9,12-14H2/t17-/m0/s1. The van der Waals surface area contributed by atoms with Gasteiger partial charge in [-0.25, -0.2) is 4.39 Å². The molecule has 25 heavy (non-hydrogen) atoms. The first-order chi connectivity index (χ1) is 12.2. The molecule has 0 radical (unpaired) electrons. The Morgan fingerprint density at radius 3 is 2.84 bits per heavy atom. The van der Waals surface area contributed by atoms with Gasteiger partial charge >= 0.3 is 0 Å². The van der Waals surface area contributed by atoms with Crippen molar-refractivity contribution >= 4 is 5.91 Å². The molecular formula is C19H24FN3O2. The van der Waals surface area contributed by atoms with E-state index in [0.29, 0.717) is 24.2 Å². The lowest BCUT2D eigenvalue weighted by Gasteiger charge is -2.27. The number of carbonyl (C=O) groups excluding carboxylic acids is 1. The molecule has 3 rings (SSSR count). The van der Waals surface area contributed by atoms with E-state index in [4.69, 9.17) is 10.00 Å². The van der Waals surface area contributed by atoms with Crippen LogP contribution in [-0.4, -0.2) is 54.6 Å². The predicted octanol–water partition coefficient (Wildman–Crippen LogP) is 2.30. The molecule has 2 aliphatic heterocycles. The molecule has 1 aromatic carbocycles. The van der Waals surface area contributed by atoms with Gasteiger partial charge in [0.2, 0.25) is 5.91 Å². The Labute approximate surface area is 148 Å². The van der Waals surface area contributed by atoms with Gasteiger partial charge in [-0.2, -0.15) is 5.26 Å². The highest BCUT2D eigenvalue weighted by Gasteiger charge is 2.25. The maximum atomic E-state index is 14.2. The van der Waals surface area contributed by atoms with Crippen LogP contribution in [0.2, 0.25) is 0 Å². The summed E-state index contributed by atoms with van der Waals surface area (Å²) in [6, 6.07) is 6.40. The molecule has 0 N–H and O–H groups in total. The lowest BCUT2D eigenvalue weighted by atomic mass is 10.1. The summed E-state index contributed by atoms with van der Waals surface area (Å²) in [7, 11) is 0. The fourth-order valence-corrected chi connectivity index (χ4v) is 3.53. The number of rotatable bonds is 6. The molecule has 134 valence electrons. The minimum atomic E-state index is -0.343. The molecule has 5 nitrogen and oxygen atoms in total. The number of amides is 1. The minimum Gasteiger partial charge on any atom is -0.377 e. The maximum absolute atomic E-state index is 14.2. The quantitative estimate of drug-likeness (QED) is 0.794. The normalized spacial score (nSPS) is 20.2. The summed E-state index contributed by atoms with van der Waals surface area (Å²) in [6.07, 6.45) is 4.19. The highest BCUT2D eigenvalue weighted by atomic mass is 19.1. The number of carbonyl (C=O) groups is 1. The van der Waals surface area contributed by atoms with Crippen molar-refractivity contribution in [3.8, 4) is 6.07 Å². The summed E-state index contributed by atoms with van der Waals surface area (Å²) >= 11 is 0. The third-order valence-electron chi connectivity index (χ3n) is 4.87. The van der Waals surface area contributed by atoms with Gasteiger partial charge in [0.25, 0.3) is 0 Å². The number of halogens is 1. The molecule has 2 fully saturated rings. The second-order valence-corrected chi connectivity index (χ2v) is 6.81. The van der Waals surface area contributed by atoms with Crippen molar-refractivity contribution in [3.05, 3.63) is 35.1 Å². The molecule has 0 aromatic heterocycles. The Kier molecular flexibility index (Phi) is 6.00. The zero-order valence-electron chi connectivity index (χ0n) is 14.4. The van der Waals surface area contributed by atoms with Crippen molar-refractivity contribution in [2.75, 3.05) is 32.8 Å². The van der Waals surface area contributed by atoms with Crippen molar-refractivity contribution < 1.29 is 13.9 Å². The van der Waals surface area contributed by atoms with Crippen LogP contribution < -0.4 is 0 Å². The molecule has 6 heteroatoms. The van der Waals surface area contributed by atoms with E-state index < -0.39 is 0 Å². The monoisotopic (exact) mass is 345 g/mol. The van der Waals surface area contributed by atoms with E-state index in [0.717, 1.165) is 45.4 Å². The zero-order chi connectivity index (χ0) is 17.6. The van der Waals surface area contributed by atoms with Crippen molar-refractivity contribution in [3.63, 3.8) is 0 Å². The Morgan fingerprint density at radius 1 is 1.36 bits per heavy atom. The van der Waals surface area contributed by atoms with Gasteiger partial charge in [0.1, 0.15) is 5.82 Å². The summed E-state index contributed by atoms with van der Waals surface area (Å²) in [4.78, 5) is 16.4. The summed E-state index contributed by atoms with van der Waals surface area (Å²) in [5.74, 6) is -0.252. The summed E-state index contributed by atoms with van der Waals surface area (Å²) in [6.45, 7) is 3.54. The number of benzene rings is 1. The molecule has 1 aromatic rings.